The molecule has 168 valence electrons. The number of likely N-dealkylation sites (tertiary alicyclic amines) is 1. The van der Waals surface area contributed by atoms with E-state index in [9.17, 15) is 4.79 Å². The maximum absolute atomic E-state index is 12.8. The first-order valence-electron chi connectivity index (χ1n) is 10.1. The first kappa shape index (κ1) is 22.9. The van der Waals surface area contributed by atoms with Gasteiger partial charge >= 0.3 is 0 Å². The van der Waals surface area contributed by atoms with Gasteiger partial charge in [0.2, 0.25) is 17.6 Å². The number of rotatable bonds is 6. The van der Waals surface area contributed by atoms with Gasteiger partial charge in [0.25, 0.3) is 0 Å². The number of halogens is 3. The molecule has 1 aromatic heterocycles. The zero-order valence-electron chi connectivity index (χ0n) is 17.3. The first-order valence-corrected chi connectivity index (χ1v) is 11.2. The van der Waals surface area contributed by atoms with Crippen LogP contribution < -0.4 is 10.1 Å². The molecular weight excluding hydrogens is 475 g/mol. The van der Waals surface area contributed by atoms with E-state index in [-0.39, 0.29) is 11.8 Å². The van der Waals surface area contributed by atoms with Gasteiger partial charge in [0.1, 0.15) is 5.75 Å². The van der Waals surface area contributed by atoms with Gasteiger partial charge in [-0.3, -0.25) is 9.69 Å². The highest BCUT2D eigenvalue weighted by Crippen LogP contribution is 2.33. The van der Waals surface area contributed by atoms with E-state index in [4.69, 9.17) is 44.1 Å². The van der Waals surface area contributed by atoms with Crippen molar-refractivity contribution in [3.05, 3.63) is 57.4 Å². The van der Waals surface area contributed by atoms with Crippen LogP contribution in [-0.2, 0) is 11.3 Å². The van der Waals surface area contributed by atoms with Crippen LogP contribution in [0.4, 0.5) is 5.69 Å². The van der Waals surface area contributed by atoms with Crippen molar-refractivity contribution in [2.24, 2.45) is 5.92 Å². The molecule has 1 saturated heterocycles. The molecule has 0 aliphatic carbocycles. The maximum atomic E-state index is 12.8. The molecule has 0 radical (unpaired) electrons. The molecule has 1 unspecified atom stereocenters. The number of hydrogen-bond donors (Lipinski definition) is 1. The molecule has 1 atom stereocenters. The number of benzene rings is 2. The van der Waals surface area contributed by atoms with Crippen LogP contribution in [0.2, 0.25) is 15.1 Å². The zero-order valence-corrected chi connectivity index (χ0v) is 19.5. The highest BCUT2D eigenvalue weighted by molar-refractivity contribution is 6.44. The Morgan fingerprint density at radius 2 is 1.94 bits per heavy atom. The summed E-state index contributed by atoms with van der Waals surface area (Å²) in [4.78, 5) is 19.4. The van der Waals surface area contributed by atoms with Gasteiger partial charge in [0, 0.05) is 12.1 Å². The predicted molar refractivity (Wildman–Crippen MR) is 124 cm³/mol. The van der Waals surface area contributed by atoms with Crippen molar-refractivity contribution < 1.29 is 14.1 Å². The Kier molecular flexibility index (Phi) is 7.20. The van der Waals surface area contributed by atoms with Crippen molar-refractivity contribution in [3.63, 3.8) is 0 Å². The SMILES string of the molecule is COc1ccc(-c2noc(CN3CCCC(C(=O)Nc4cc(Cl)c(Cl)cc4Cl)C3)n2)cc1. The summed E-state index contributed by atoms with van der Waals surface area (Å²) >= 11 is 18.2. The largest absolute Gasteiger partial charge is 0.497 e. The summed E-state index contributed by atoms with van der Waals surface area (Å²) in [6.07, 6.45) is 1.66. The molecule has 1 N–H and O–H groups in total. The summed E-state index contributed by atoms with van der Waals surface area (Å²) in [6, 6.07) is 10.5. The Labute approximate surface area is 200 Å². The van der Waals surface area contributed by atoms with E-state index in [1.54, 1.807) is 13.2 Å². The van der Waals surface area contributed by atoms with Crippen molar-refractivity contribution in [2.75, 3.05) is 25.5 Å². The van der Waals surface area contributed by atoms with Crippen LogP contribution in [0, 0.1) is 5.92 Å². The number of nitrogens with one attached hydrogen (secondary N) is 1. The fourth-order valence-corrected chi connectivity index (χ4v) is 4.23. The third kappa shape index (κ3) is 5.35. The smallest absolute Gasteiger partial charge is 0.241 e. The van der Waals surface area contributed by atoms with Gasteiger partial charge in [-0.25, -0.2) is 0 Å². The average molecular weight is 496 g/mol. The molecule has 4 rings (SSSR count). The lowest BCUT2D eigenvalue weighted by atomic mass is 9.97. The van der Waals surface area contributed by atoms with Crippen molar-refractivity contribution in [1.82, 2.24) is 15.0 Å². The third-order valence-corrected chi connectivity index (χ3v) is 6.35. The second kappa shape index (κ2) is 10.1. The molecule has 3 aromatic rings. The third-order valence-electron chi connectivity index (χ3n) is 5.32. The van der Waals surface area contributed by atoms with Gasteiger partial charge < -0.3 is 14.6 Å². The summed E-state index contributed by atoms with van der Waals surface area (Å²) in [5.74, 6) is 1.47. The van der Waals surface area contributed by atoms with Gasteiger partial charge in [0.05, 0.1) is 40.3 Å². The minimum atomic E-state index is -0.196. The zero-order chi connectivity index (χ0) is 22.7. The van der Waals surface area contributed by atoms with Crippen molar-refractivity contribution in [3.8, 4) is 17.1 Å². The molecule has 2 aromatic carbocycles. The Bertz CT molecular complexity index is 1100. The average Bonchev–Trinajstić information content (AvgIpc) is 3.26. The van der Waals surface area contributed by atoms with Crippen LogP contribution >= 0.6 is 34.8 Å². The van der Waals surface area contributed by atoms with Crippen LogP contribution in [-0.4, -0.2) is 41.1 Å². The molecular formula is C22H21Cl3N4O3. The molecule has 0 spiro atoms. The number of ether oxygens (including phenoxy) is 1. The van der Waals surface area contributed by atoms with E-state index < -0.39 is 0 Å². The van der Waals surface area contributed by atoms with Crippen molar-refractivity contribution >= 4 is 46.4 Å². The number of aromatic nitrogens is 2. The topological polar surface area (TPSA) is 80.5 Å². The lowest BCUT2D eigenvalue weighted by Gasteiger charge is -2.31. The molecule has 7 nitrogen and oxygen atoms in total. The number of amides is 1. The molecule has 2 heterocycles. The van der Waals surface area contributed by atoms with Gasteiger partial charge in [-0.1, -0.05) is 40.0 Å². The van der Waals surface area contributed by atoms with Gasteiger partial charge in [-0.15, -0.1) is 0 Å². The Morgan fingerprint density at radius 1 is 1.19 bits per heavy atom. The highest BCUT2D eigenvalue weighted by atomic mass is 35.5. The molecule has 10 heteroatoms. The minimum Gasteiger partial charge on any atom is -0.497 e. The summed E-state index contributed by atoms with van der Waals surface area (Å²) < 4.78 is 10.6. The summed E-state index contributed by atoms with van der Waals surface area (Å²) in [5.41, 5.74) is 1.29. The van der Waals surface area contributed by atoms with Crippen LogP contribution in [0.25, 0.3) is 11.4 Å². The number of carbonyl (C=O) groups is 1. The van der Waals surface area contributed by atoms with E-state index in [0.29, 0.717) is 45.6 Å². The van der Waals surface area contributed by atoms with Gasteiger partial charge in [-0.05, 0) is 55.8 Å². The Hall–Kier alpha value is -2.32. The summed E-state index contributed by atoms with van der Waals surface area (Å²) in [7, 11) is 1.62. The number of anilines is 1. The first-order chi connectivity index (χ1) is 15.4. The molecule has 1 aliphatic rings. The fraction of sp³-hybridized carbons (Fsp3) is 0.318. The molecule has 1 amide bonds. The lowest BCUT2D eigenvalue weighted by Crippen LogP contribution is -2.40. The van der Waals surface area contributed by atoms with Crippen molar-refractivity contribution in [1.29, 1.82) is 0 Å². The molecule has 32 heavy (non-hydrogen) atoms. The second-order valence-electron chi connectivity index (χ2n) is 7.55. The van der Waals surface area contributed by atoms with Gasteiger partial charge in [0.15, 0.2) is 0 Å². The minimum absolute atomic E-state index is 0.112. The normalized spacial score (nSPS) is 16.7. The summed E-state index contributed by atoms with van der Waals surface area (Å²) in [6.45, 7) is 1.89. The molecule has 1 aliphatic heterocycles. The van der Waals surface area contributed by atoms with E-state index in [1.807, 2.05) is 24.3 Å². The van der Waals surface area contributed by atoms with Crippen LogP contribution in [0.15, 0.2) is 40.9 Å². The summed E-state index contributed by atoms with van der Waals surface area (Å²) in [5, 5.41) is 7.96. The van der Waals surface area contributed by atoms with E-state index in [2.05, 4.69) is 20.4 Å². The molecule has 0 bridgehead atoms. The number of piperidine rings is 1. The van der Waals surface area contributed by atoms with Crippen LogP contribution in [0.1, 0.15) is 18.7 Å². The molecule has 1 fully saturated rings. The number of hydrogen-bond acceptors (Lipinski definition) is 6. The predicted octanol–water partition coefficient (Wildman–Crippen LogP) is 5.56. The van der Waals surface area contributed by atoms with Crippen molar-refractivity contribution in [2.45, 2.75) is 19.4 Å². The maximum Gasteiger partial charge on any atom is 0.241 e. The van der Waals surface area contributed by atoms with E-state index >= 15 is 0 Å². The molecule has 0 saturated carbocycles. The van der Waals surface area contributed by atoms with E-state index in [1.165, 1.54) is 6.07 Å². The highest BCUT2D eigenvalue weighted by Gasteiger charge is 2.27. The van der Waals surface area contributed by atoms with E-state index in [0.717, 1.165) is 30.7 Å². The standard InChI is InChI=1S/C22H21Cl3N4O3/c1-31-15-6-4-13(5-7-15)21-27-20(32-28-21)12-29-8-2-3-14(11-29)22(30)26-19-10-17(24)16(23)9-18(19)25/h4-7,9-10,14H,2-3,8,11-12H2,1H3,(H,26,30). The monoisotopic (exact) mass is 494 g/mol. The number of nitrogens with zero attached hydrogens (tertiary/aromatic N) is 3. The Morgan fingerprint density at radius 3 is 2.69 bits per heavy atom. The van der Waals surface area contributed by atoms with Crippen LogP contribution in [0.5, 0.6) is 5.75 Å². The lowest BCUT2D eigenvalue weighted by molar-refractivity contribution is -0.121. The quantitative estimate of drug-likeness (QED) is 0.451. The van der Waals surface area contributed by atoms with Crippen LogP contribution in [0.3, 0.4) is 0 Å². The van der Waals surface area contributed by atoms with Gasteiger partial charge in [-0.2, -0.15) is 4.98 Å². The number of methoxy groups -OCH3 is 1. The Balaban J connectivity index is 1.37. The second-order valence-corrected chi connectivity index (χ2v) is 8.77. The fourth-order valence-electron chi connectivity index (χ4n) is 3.63. The number of carbonyl (C=O) groups excluding carboxylic acids is 1.